The molecule has 1 amide bonds. The molecule has 0 saturated carbocycles. The Labute approximate surface area is 196 Å². The largest absolute Gasteiger partial charge is 0.486 e. The van der Waals surface area contributed by atoms with Gasteiger partial charge in [-0.25, -0.2) is 0 Å². The van der Waals surface area contributed by atoms with Crippen LogP contribution >= 0.6 is 55.1 Å². The molecule has 0 aromatic heterocycles. The van der Waals surface area contributed by atoms with Crippen molar-refractivity contribution >= 4 is 72.4 Å². The van der Waals surface area contributed by atoms with E-state index in [0.29, 0.717) is 36.7 Å². The lowest BCUT2D eigenvalue weighted by atomic mass is 9.99. The third kappa shape index (κ3) is 4.44. The van der Waals surface area contributed by atoms with Gasteiger partial charge in [0, 0.05) is 17.2 Å². The number of anilines is 1. The average Bonchev–Trinajstić information content (AvgIpc) is 2.69. The first kappa shape index (κ1) is 22.4. The highest BCUT2D eigenvalue weighted by Gasteiger charge is 2.41. The molecule has 1 aliphatic heterocycles. The van der Waals surface area contributed by atoms with E-state index in [-0.39, 0.29) is 19.1 Å². The van der Waals surface area contributed by atoms with Gasteiger partial charge in [-0.05, 0) is 50.4 Å². The van der Waals surface area contributed by atoms with E-state index in [1.54, 1.807) is 14.0 Å². The molecule has 5 nitrogen and oxygen atoms in total. The van der Waals surface area contributed by atoms with Crippen LogP contribution in [0.15, 0.2) is 51.0 Å². The fraction of sp³-hybridized carbons (Fsp3) is 0.250. The number of halogens is 4. The van der Waals surface area contributed by atoms with Gasteiger partial charge in [-0.15, -0.1) is 0 Å². The van der Waals surface area contributed by atoms with E-state index >= 15 is 0 Å². The zero-order chi connectivity index (χ0) is 21.3. The number of nitrogens with zero attached hydrogens (tertiary/aromatic N) is 1. The quantitative estimate of drug-likeness (QED) is 0.284. The predicted octanol–water partition coefficient (Wildman–Crippen LogP) is 5.55. The number of carbonyl (C=O) groups excluding carboxylic acids is 1. The number of ether oxygens (including phenoxy) is 1. The molecule has 9 heteroatoms. The second-order valence-corrected chi connectivity index (χ2v) is 9.43. The number of hydrogen-bond donors (Lipinski definition) is 2. The molecule has 1 aliphatic rings. The van der Waals surface area contributed by atoms with E-state index in [4.69, 9.17) is 33.7 Å². The second kappa shape index (κ2) is 8.86. The van der Waals surface area contributed by atoms with Crippen LogP contribution in [-0.2, 0) is 16.1 Å². The van der Waals surface area contributed by atoms with Gasteiger partial charge in [-0.2, -0.15) is 0 Å². The highest BCUT2D eigenvalue weighted by atomic mass is 79.9. The van der Waals surface area contributed by atoms with E-state index in [0.717, 1.165) is 5.56 Å². The summed E-state index contributed by atoms with van der Waals surface area (Å²) in [6.07, 6.45) is 0. The van der Waals surface area contributed by atoms with E-state index in [9.17, 15) is 4.79 Å². The standard InChI is InChI=1S/C20H19Br2Cl2N3O2/c1-20(24)19(27(2)14(28)9-25)18(29-10-11-6-4-3-5-7-11)15-13(26-20)8-12(21)17(23)16(15)22/h3-8,26H,9-10,25H2,1-2H3. The number of amides is 1. The van der Waals surface area contributed by atoms with Crippen molar-refractivity contribution in [3.63, 3.8) is 0 Å². The Kier molecular flexibility index (Phi) is 6.85. The maximum atomic E-state index is 12.4. The molecule has 2 aromatic carbocycles. The van der Waals surface area contributed by atoms with Gasteiger partial charge in [0.15, 0.2) is 10.8 Å². The van der Waals surface area contributed by atoms with E-state index in [2.05, 4.69) is 37.2 Å². The molecule has 0 saturated heterocycles. The number of benzene rings is 2. The fourth-order valence-corrected chi connectivity index (χ4v) is 4.92. The molecule has 3 N–H and O–H groups in total. The van der Waals surface area contributed by atoms with Gasteiger partial charge >= 0.3 is 0 Å². The van der Waals surface area contributed by atoms with Gasteiger partial charge in [0.05, 0.1) is 21.6 Å². The molecule has 2 aromatic rings. The van der Waals surface area contributed by atoms with Crippen LogP contribution in [0.3, 0.4) is 0 Å². The smallest absolute Gasteiger partial charge is 0.240 e. The van der Waals surface area contributed by atoms with Crippen LogP contribution in [-0.4, -0.2) is 29.4 Å². The molecule has 0 fully saturated rings. The van der Waals surface area contributed by atoms with Crippen molar-refractivity contribution in [1.82, 2.24) is 4.90 Å². The number of rotatable bonds is 5. The molecule has 0 bridgehead atoms. The molecule has 1 atom stereocenters. The summed E-state index contributed by atoms with van der Waals surface area (Å²) in [5.41, 5.74) is 8.42. The lowest BCUT2D eigenvalue weighted by Gasteiger charge is -2.39. The summed E-state index contributed by atoms with van der Waals surface area (Å²) in [4.78, 5) is 12.7. The van der Waals surface area contributed by atoms with Gasteiger partial charge in [0.2, 0.25) is 5.91 Å². The number of likely N-dealkylation sites (N-methyl/N-ethyl adjacent to an activating group) is 1. The van der Waals surface area contributed by atoms with E-state index in [1.807, 2.05) is 36.4 Å². The minimum absolute atomic E-state index is 0.159. The minimum Gasteiger partial charge on any atom is -0.486 e. The normalized spacial score (nSPS) is 18.2. The van der Waals surface area contributed by atoms with Gasteiger partial charge in [0.1, 0.15) is 12.3 Å². The number of nitrogens with two attached hydrogens (primary N) is 1. The molecule has 0 radical (unpaired) electrons. The first-order valence-electron chi connectivity index (χ1n) is 8.70. The highest BCUT2D eigenvalue weighted by Crippen LogP contribution is 2.49. The Morgan fingerprint density at radius 3 is 2.59 bits per heavy atom. The number of nitrogens with one attached hydrogen (secondary N) is 1. The molecular weight excluding hydrogens is 545 g/mol. The Morgan fingerprint density at radius 2 is 1.97 bits per heavy atom. The van der Waals surface area contributed by atoms with Crippen LogP contribution < -0.4 is 11.1 Å². The summed E-state index contributed by atoms with van der Waals surface area (Å²) >= 11 is 20.3. The van der Waals surface area contributed by atoms with Crippen LogP contribution in [0.1, 0.15) is 18.1 Å². The topological polar surface area (TPSA) is 67.6 Å². The molecule has 1 unspecified atom stereocenters. The van der Waals surface area contributed by atoms with Crippen molar-refractivity contribution in [2.75, 3.05) is 18.9 Å². The van der Waals surface area contributed by atoms with E-state index < -0.39 is 5.00 Å². The number of hydrogen-bond acceptors (Lipinski definition) is 4. The third-order valence-corrected chi connectivity index (χ3v) is 7.07. The first-order valence-corrected chi connectivity index (χ1v) is 11.0. The average molecular weight is 564 g/mol. The fourth-order valence-electron chi connectivity index (χ4n) is 3.16. The first-order chi connectivity index (χ1) is 13.7. The van der Waals surface area contributed by atoms with Crippen LogP contribution in [0.2, 0.25) is 5.02 Å². The molecule has 1 heterocycles. The van der Waals surface area contributed by atoms with Crippen molar-refractivity contribution in [2.45, 2.75) is 18.5 Å². The van der Waals surface area contributed by atoms with Crippen molar-refractivity contribution in [1.29, 1.82) is 0 Å². The van der Waals surface area contributed by atoms with Gasteiger partial charge in [-0.1, -0.05) is 53.5 Å². The maximum Gasteiger partial charge on any atom is 0.240 e. The monoisotopic (exact) mass is 561 g/mol. The molecule has 3 rings (SSSR count). The number of carbonyl (C=O) groups is 1. The lowest BCUT2D eigenvalue weighted by Crippen LogP contribution is -2.45. The van der Waals surface area contributed by atoms with Crippen molar-refractivity contribution in [3.05, 3.63) is 67.2 Å². The molecule has 29 heavy (non-hydrogen) atoms. The Bertz CT molecular complexity index is 981. The predicted molar refractivity (Wildman–Crippen MR) is 125 cm³/mol. The summed E-state index contributed by atoms with van der Waals surface area (Å²) in [7, 11) is 1.62. The summed E-state index contributed by atoms with van der Waals surface area (Å²) in [5, 5.41) is 3.74. The van der Waals surface area contributed by atoms with Gasteiger partial charge in [-0.3, -0.25) is 4.79 Å². The SMILES string of the molecule is CN(C(=O)CN)C1=C(OCc2ccccc2)c2c(cc(Br)c(Cl)c2Br)NC1(C)Cl. The number of fused-ring (bicyclic) bond motifs is 1. The second-order valence-electron chi connectivity index (χ2n) is 6.65. The Morgan fingerprint density at radius 1 is 1.31 bits per heavy atom. The lowest BCUT2D eigenvalue weighted by molar-refractivity contribution is -0.127. The van der Waals surface area contributed by atoms with Gasteiger partial charge in [0.25, 0.3) is 0 Å². The maximum absolute atomic E-state index is 12.4. The summed E-state index contributed by atoms with van der Waals surface area (Å²) < 4.78 is 7.57. The minimum atomic E-state index is -1.12. The van der Waals surface area contributed by atoms with Crippen molar-refractivity contribution in [3.8, 4) is 0 Å². The number of alkyl halides is 1. The van der Waals surface area contributed by atoms with Crippen LogP contribution in [0, 0.1) is 0 Å². The zero-order valence-electron chi connectivity index (χ0n) is 15.7. The summed E-state index contributed by atoms with van der Waals surface area (Å²) in [5.74, 6) is 0.156. The van der Waals surface area contributed by atoms with Gasteiger partial charge < -0.3 is 20.7 Å². The molecule has 0 aliphatic carbocycles. The van der Waals surface area contributed by atoms with Crippen LogP contribution in [0.5, 0.6) is 0 Å². The zero-order valence-corrected chi connectivity index (χ0v) is 20.4. The molecule has 0 spiro atoms. The molecular formula is C20H19Br2Cl2N3O2. The van der Waals surface area contributed by atoms with Crippen LogP contribution in [0.25, 0.3) is 5.76 Å². The summed E-state index contributed by atoms with van der Waals surface area (Å²) in [6, 6.07) is 11.6. The van der Waals surface area contributed by atoms with Crippen molar-refractivity contribution in [2.24, 2.45) is 5.73 Å². The Balaban J connectivity index is 2.21. The Hall–Kier alpha value is -1.25. The van der Waals surface area contributed by atoms with E-state index in [1.165, 1.54) is 4.90 Å². The summed E-state index contributed by atoms with van der Waals surface area (Å²) in [6.45, 7) is 1.89. The highest BCUT2D eigenvalue weighted by molar-refractivity contribution is 9.11. The van der Waals surface area contributed by atoms with Crippen LogP contribution in [0.4, 0.5) is 5.69 Å². The van der Waals surface area contributed by atoms with Crippen molar-refractivity contribution < 1.29 is 9.53 Å². The third-order valence-electron chi connectivity index (χ3n) is 4.53. The molecule has 154 valence electrons.